The maximum absolute atomic E-state index is 14.4. The molecule has 0 radical (unpaired) electrons. The van der Waals surface area contributed by atoms with Gasteiger partial charge >= 0.3 is 11.9 Å². The van der Waals surface area contributed by atoms with Crippen molar-refractivity contribution in [1.29, 1.82) is 0 Å². The average Bonchev–Trinajstić information content (AvgIpc) is 4.07. The third-order valence-electron chi connectivity index (χ3n) is 14.4. The summed E-state index contributed by atoms with van der Waals surface area (Å²) in [5.74, 6) is -2.91. The van der Waals surface area contributed by atoms with Gasteiger partial charge in [0.1, 0.15) is 5.92 Å². The Morgan fingerprint density at radius 1 is 0.788 bits per heavy atom. The second-order valence-electron chi connectivity index (χ2n) is 18.9. The molecule has 10 heteroatoms. The smallest absolute Gasteiger partial charge is 0.321 e. The Morgan fingerprint density at radius 3 is 1.95 bits per heavy atom. The normalized spacial score (nSPS) is 21.6. The number of nitrogens with zero attached hydrogens (tertiary/aromatic N) is 3. The van der Waals surface area contributed by atoms with Gasteiger partial charge in [-0.25, -0.2) is 15.0 Å². The lowest BCUT2D eigenvalue weighted by Crippen LogP contribution is -2.26. The fraction of sp³-hybridized carbons (Fsp3) is 0.571. The molecule has 0 spiro atoms. The van der Waals surface area contributed by atoms with Gasteiger partial charge in [-0.1, -0.05) is 149 Å². The first kappa shape index (κ1) is 50.3. The highest BCUT2D eigenvalue weighted by molar-refractivity contribution is 6.42. The van der Waals surface area contributed by atoms with Crippen LogP contribution in [0.1, 0.15) is 176 Å². The number of carbonyl (C=O) groups is 3. The van der Waals surface area contributed by atoms with Gasteiger partial charge in [0.05, 0.1) is 54.2 Å². The van der Waals surface area contributed by atoms with Crippen molar-refractivity contribution in [3.05, 3.63) is 105 Å². The largest absolute Gasteiger partial charge is 0.515 e. The van der Waals surface area contributed by atoms with Crippen molar-refractivity contribution in [3.8, 4) is 0 Å². The molecule has 6 rings (SSSR count). The molecule has 0 aromatic heterocycles. The minimum Gasteiger partial charge on any atom is -0.515 e. The Hall–Kier alpha value is -5.12. The van der Waals surface area contributed by atoms with Crippen LogP contribution in [0.4, 0.5) is 0 Å². The van der Waals surface area contributed by atoms with Crippen LogP contribution in [0.5, 0.6) is 0 Å². The molecule has 2 fully saturated rings. The van der Waals surface area contributed by atoms with E-state index in [0.29, 0.717) is 76.0 Å². The van der Waals surface area contributed by atoms with Crippen LogP contribution in [0.15, 0.2) is 120 Å². The van der Waals surface area contributed by atoms with E-state index in [1.165, 1.54) is 110 Å². The van der Waals surface area contributed by atoms with Crippen LogP contribution in [0, 0.1) is 17.8 Å². The van der Waals surface area contributed by atoms with E-state index in [0.717, 1.165) is 53.7 Å². The van der Waals surface area contributed by atoms with E-state index in [-0.39, 0.29) is 30.0 Å². The Bertz CT molecular complexity index is 2240. The lowest BCUT2D eigenvalue weighted by molar-refractivity contribution is -0.146. The maximum Gasteiger partial charge on any atom is 0.321 e. The zero-order valence-electron chi connectivity index (χ0n) is 40.9. The van der Waals surface area contributed by atoms with Gasteiger partial charge in [-0.15, -0.1) is 0 Å². The molecule has 1 aliphatic carbocycles. The van der Waals surface area contributed by atoms with E-state index in [9.17, 15) is 19.5 Å². The van der Waals surface area contributed by atoms with Gasteiger partial charge in [-0.05, 0) is 68.1 Å². The number of allylic oxidation sites excluding steroid dienone is 11. The fourth-order valence-corrected chi connectivity index (χ4v) is 10.4. The number of aliphatic imine (C=N–C) groups is 3. The molecule has 6 aliphatic rings. The molecule has 0 amide bonds. The highest BCUT2D eigenvalue weighted by atomic mass is 16.5. The predicted molar refractivity (Wildman–Crippen MR) is 267 cm³/mol. The number of esters is 2. The van der Waals surface area contributed by atoms with Crippen LogP contribution in [-0.4, -0.2) is 53.7 Å². The van der Waals surface area contributed by atoms with Crippen LogP contribution < -0.4 is 5.32 Å². The summed E-state index contributed by atoms with van der Waals surface area (Å²) in [5, 5.41) is 14.1. The fourth-order valence-electron chi connectivity index (χ4n) is 10.4. The molecule has 356 valence electrons. The van der Waals surface area contributed by atoms with Crippen LogP contribution in [-0.2, 0) is 23.9 Å². The Balaban J connectivity index is 1.09. The minimum absolute atomic E-state index is 0.146. The van der Waals surface area contributed by atoms with Crippen molar-refractivity contribution < 1.29 is 29.0 Å². The topological polar surface area (TPSA) is 139 Å². The van der Waals surface area contributed by atoms with Gasteiger partial charge in [-0.3, -0.25) is 14.4 Å². The molecule has 1 saturated heterocycles. The minimum atomic E-state index is -1.21. The summed E-state index contributed by atoms with van der Waals surface area (Å²) < 4.78 is 11.0. The van der Waals surface area contributed by atoms with Crippen molar-refractivity contribution in [2.45, 2.75) is 176 Å². The molecule has 66 heavy (non-hydrogen) atoms. The summed E-state index contributed by atoms with van der Waals surface area (Å²) in [4.78, 5) is 56.3. The number of Topliss-reactive ketones (excluding diaryl/α,β-unsaturated/α-hetero) is 1. The van der Waals surface area contributed by atoms with E-state index in [1.54, 1.807) is 6.08 Å². The Morgan fingerprint density at radius 2 is 1.39 bits per heavy atom. The molecular weight excluding hydrogens is 825 g/mol. The summed E-state index contributed by atoms with van der Waals surface area (Å²) in [6.07, 6.45) is 34.7. The van der Waals surface area contributed by atoms with Crippen LogP contribution in [0.3, 0.4) is 0 Å². The molecule has 0 unspecified atom stereocenters. The SMILES string of the molecule is C=CC1=C(C)C2=NC1=CC1=NC(=C(CC)/C1=C/O)C=C1N=C3C(=C1C)C(=O)[C@@H](C(=O)OC)C3=C1NC(=C2)[C@@H](C)[C@@H]1CCC(=O)OCCCCCCCCCCCCCCCCCCCCC. The summed E-state index contributed by atoms with van der Waals surface area (Å²) >= 11 is 0. The lowest BCUT2D eigenvalue weighted by Gasteiger charge is -2.19. The summed E-state index contributed by atoms with van der Waals surface area (Å²) in [5.41, 5.74) is 9.77. The molecule has 2 N–H and O–H groups in total. The number of hydrogen-bond acceptors (Lipinski definition) is 10. The molecular formula is C56H76N4O6. The van der Waals surface area contributed by atoms with Crippen molar-refractivity contribution in [2.75, 3.05) is 13.7 Å². The molecule has 8 bridgehead atoms. The number of hydrogen-bond donors (Lipinski definition) is 2. The number of ether oxygens (including phenoxy) is 2. The zero-order valence-corrected chi connectivity index (χ0v) is 40.9. The highest BCUT2D eigenvalue weighted by Gasteiger charge is 2.52. The second kappa shape index (κ2) is 24.6. The standard InChI is InChI=1S/C56H76N4O6/c1-8-11-12-13-14-15-16-17-18-19-20-21-22-23-24-25-26-27-28-31-66-49(62)30-29-41-37(5)44-32-43-36(4)39(9-2)46(57-43)34-48-42(35-61)40(10-3)47(58-48)33-45-38(6)50-54(60-45)51(53(41)59-44)52(55(50)63)56(64)65-7/h9,32-35,37,41,52,59,61H,2,8,10-31H2,1,3-7H3/b42-35-,44-32?,45-33?,46-34?,53-51?/t37-,41-,52-/m0/s1. The maximum atomic E-state index is 14.4. The Kier molecular flexibility index (Phi) is 18.7. The highest BCUT2D eigenvalue weighted by Crippen LogP contribution is 2.47. The summed E-state index contributed by atoms with van der Waals surface area (Å²) in [7, 11) is 1.29. The first-order valence-corrected chi connectivity index (χ1v) is 25.4. The molecule has 1 saturated carbocycles. The van der Waals surface area contributed by atoms with Crippen molar-refractivity contribution >= 4 is 34.9 Å². The number of aliphatic hydroxyl groups is 1. The number of fused-ring (bicyclic) bond motifs is 5. The first-order chi connectivity index (χ1) is 32.1. The van der Waals surface area contributed by atoms with Crippen LogP contribution >= 0.6 is 0 Å². The molecule has 0 aromatic carbocycles. The van der Waals surface area contributed by atoms with E-state index in [2.05, 4.69) is 25.7 Å². The van der Waals surface area contributed by atoms with Crippen LogP contribution in [0.2, 0.25) is 0 Å². The van der Waals surface area contributed by atoms with Gasteiger partial charge in [-0.2, -0.15) is 0 Å². The van der Waals surface area contributed by atoms with Crippen LogP contribution in [0.25, 0.3) is 0 Å². The third-order valence-corrected chi connectivity index (χ3v) is 14.4. The molecule has 3 atom stereocenters. The van der Waals surface area contributed by atoms with Gasteiger partial charge in [0, 0.05) is 51.9 Å². The van der Waals surface area contributed by atoms with E-state index >= 15 is 0 Å². The molecule has 10 nitrogen and oxygen atoms in total. The van der Waals surface area contributed by atoms with Crippen molar-refractivity contribution in [2.24, 2.45) is 32.7 Å². The van der Waals surface area contributed by atoms with Gasteiger partial charge < -0.3 is 19.9 Å². The second-order valence-corrected chi connectivity index (χ2v) is 18.9. The van der Waals surface area contributed by atoms with Crippen molar-refractivity contribution in [3.63, 3.8) is 0 Å². The van der Waals surface area contributed by atoms with E-state index in [1.807, 2.05) is 39.0 Å². The number of nitrogens with one attached hydrogen (secondary N) is 1. The number of rotatable bonds is 26. The summed E-state index contributed by atoms with van der Waals surface area (Å²) in [6, 6.07) is 0. The number of aliphatic hydroxyl groups excluding tert-OH is 1. The van der Waals surface area contributed by atoms with Gasteiger partial charge in [0.25, 0.3) is 0 Å². The molecule has 5 aliphatic heterocycles. The quantitative estimate of drug-likeness (QED) is 0.0381. The van der Waals surface area contributed by atoms with E-state index < -0.39 is 11.9 Å². The van der Waals surface area contributed by atoms with Gasteiger partial charge in [0.15, 0.2) is 5.78 Å². The number of ketones is 1. The zero-order chi connectivity index (χ0) is 47.2. The first-order valence-electron chi connectivity index (χ1n) is 25.4. The molecule has 0 aromatic rings. The predicted octanol–water partition coefficient (Wildman–Crippen LogP) is 13.2. The molecule has 5 heterocycles. The monoisotopic (exact) mass is 901 g/mol. The summed E-state index contributed by atoms with van der Waals surface area (Å²) in [6.45, 7) is 14.7. The van der Waals surface area contributed by atoms with E-state index in [4.69, 9.17) is 24.5 Å². The average molecular weight is 901 g/mol. The lowest BCUT2D eigenvalue weighted by atomic mass is 9.85. The number of methoxy groups -OCH3 is 1. The third kappa shape index (κ3) is 11.7. The Labute approximate surface area is 394 Å². The van der Waals surface area contributed by atoms with Gasteiger partial charge in [0.2, 0.25) is 0 Å². The van der Waals surface area contributed by atoms with Crippen molar-refractivity contribution in [1.82, 2.24) is 5.32 Å². The number of unbranched alkanes of at least 4 members (excludes halogenated alkanes) is 18. The number of carbonyl (C=O) groups excluding carboxylic acids is 3.